The molecule has 4 aliphatic rings. The van der Waals surface area contributed by atoms with Crippen molar-refractivity contribution in [2.24, 2.45) is 0 Å². The van der Waals surface area contributed by atoms with Gasteiger partial charge in [0.2, 0.25) is 5.95 Å². The Balaban J connectivity index is 1.27. The number of anilines is 2. The number of aliphatic hydroxyl groups excluding tert-OH is 2. The molecule has 3 fully saturated rings. The van der Waals surface area contributed by atoms with Gasteiger partial charge in [-0.25, -0.2) is 4.98 Å². The van der Waals surface area contributed by atoms with E-state index in [-0.39, 0.29) is 25.2 Å². The van der Waals surface area contributed by atoms with Crippen molar-refractivity contribution in [2.45, 2.75) is 69.0 Å². The van der Waals surface area contributed by atoms with Crippen LogP contribution in [0.4, 0.5) is 11.8 Å². The molecule has 182 valence electrons. The van der Waals surface area contributed by atoms with E-state index in [1.807, 2.05) is 0 Å². The molecule has 0 bridgehead atoms. The van der Waals surface area contributed by atoms with Crippen LogP contribution < -0.4 is 10.2 Å². The summed E-state index contributed by atoms with van der Waals surface area (Å²) in [6.45, 7) is 2.90. The minimum absolute atomic E-state index is 0.0172. The molecule has 2 saturated heterocycles. The van der Waals surface area contributed by atoms with Gasteiger partial charge in [-0.3, -0.25) is 0 Å². The molecule has 1 unspecified atom stereocenters. The van der Waals surface area contributed by atoms with Crippen molar-refractivity contribution in [3.05, 3.63) is 17.8 Å². The first-order chi connectivity index (χ1) is 15.6. The zero-order valence-corrected chi connectivity index (χ0v) is 19.5. The van der Waals surface area contributed by atoms with Gasteiger partial charge in [-0.05, 0) is 51.2 Å². The second-order valence-electron chi connectivity index (χ2n) is 9.71. The fourth-order valence-electron chi connectivity index (χ4n) is 5.27. The quantitative estimate of drug-likeness (QED) is 0.448. The lowest BCUT2D eigenvalue weighted by atomic mass is 9.97. The maximum Gasteiger partial charge on any atom is 0.282 e. The molecule has 1 aliphatic carbocycles. The number of piperidine rings is 1. The number of aliphatic hydroxyl groups is 3. The van der Waals surface area contributed by atoms with Crippen LogP contribution in [-0.2, 0) is 10.2 Å². The van der Waals surface area contributed by atoms with E-state index < -0.39 is 28.1 Å². The summed E-state index contributed by atoms with van der Waals surface area (Å²) in [7, 11) is -3.52. The summed E-state index contributed by atoms with van der Waals surface area (Å²) in [5, 5.41) is 34.3. The molecule has 3 aliphatic heterocycles. The first-order valence-electron chi connectivity index (χ1n) is 11.6. The van der Waals surface area contributed by atoms with Crippen LogP contribution in [0.15, 0.2) is 12.3 Å². The number of hydrogen-bond acceptors (Lipinski definition) is 9. The third-order valence-electron chi connectivity index (χ3n) is 7.26. The van der Waals surface area contributed by atoms with Gasteiger partial charge in [-0.15, -0.1) is 0 Å². The molecule has 5 rings (SSSR count). The van der Waals surface area contributed by atoms with E-state index in [0.29, 0.717) is 44.1 Å². The van der Waals surface area contributed by atoms with Gasteiger partial charge in [0.05, 0.1) is 17.7 Å². The molecule has 1 aromatic rings. The lowest BCUT2D eigenvalue weighted by molar-refractivity contribution is 0.0363. The van der Waals surface area contributed by atoms with E-state index in [1.54, 1.807) is 30.2 Å². The molecule has 1 aromatic heterocycles. The molecule has 0 amide bonds. The van der Waals surface area contributed by atoms with Gasteiger partial charge in [0.15, 0.2) is 0 Å². The number of β-amino-alcohol motifs (C(OH)–C–C–N with tert-alkyl or cyclic N) is 1. The van der Waals surface area contributed by atoms with E-state index in [0.717, 1.165) is 18.4 Å². The SMILES string of the molecule is C[C@@]1(O)CCC[C@H]1N1c2nc(NC3CCN(S(=O)(=O)N4CC(O)C4)CC3)ncc2C=CC1O. The van der Waals surface area contributed by atoms with Crippen LogP contribution in [0.25, 0.3) is 6.08 Å². The monoisotopic (exact) mass is 480 g/mol. The lowest BCUT2D eigenvalue weighted by Gasteiger charge is -2.41. The van der Waals surface area contributed by atoms with Gasteiger partial charge >= 0.3 is 0 Å². The number of nitrogens with one attached hydrogen (secondary N) is 1. The van der Waals surface area contributed by atoms with Gasteiger partial charge < -0.3 is 25.5 Å². The van der Waals surface area contributed by atoms with Gasteiger partial charge in [-0.1, -0.05) is 0 Å². The number of hydrogen-bond donors (Lipinski definition) is 4. The fourth-order valence-corrected chi connectivity index (χ4v) is 6.99. The Morgan fingerprint density at radius 3 is 2.52 bits per heavy atom. The van der Waals surface area contributed by atoms with Crippen LogP contribution in [0.5, 0.6) is 0 Å². The molecule has 0 radical (unpaired) electrons. The average molecular weight is 481 g/mol. The summed E-state index contributed by atoms with van der Waals surface area (Å²) in [5.74, 6) is 1.01. The highest BCUT2D eigenvalue weighted by atomic mass is 32.2. The second-order valence-corrected chi connectivity index (χ2v) is 11.6. The predicted octanol–water partition coefficient (Wildman–Crippen LogP) is -0.271. The van der Waals surface area contributed by atoms with Gasteiger partial charge in [0.25, 0.3) is 10.2 Å². The highest BCUT2D eigenvalue weighted by molar-refractivity contribution is 7.86. The molecular formula is C21H32N6O5S. The molecular weight excluding hydrogens is 448 g/mol. The minimum Gasteiger partial charge on any atom is -0.390 e. The topological polar surface area (TPSA) is 142 Å². The van der Waals surface area contributed by atoms with Crippen LogP contribution in [0.3, 0.4) is 0 Å². The third kappa shape index (κ3) is 4.24. The van der Waals surface area contributed by atoms with Gasteiger partial charge in [0.1, 0.15) is 12.0 Å². The molecule has 3 atom stereocenters. The molecule has 0 spiro atoms. The Kier molecular flexibility index (Phi) is 5.86. The molecule has 1 saturated carbocycles. The molecule has 4 N–H and O–H groups in total. The maximum atomic E-state index is 12.6. The molecule has 33 heavy (non-hydrogen) atoms. The lowest BCUT2D eigenvalue weighted by Crippen LogP contribution is -2.59. The van der Waals surface area contributed by atoms with Crippen LogP contribution in [0.1, 0.15) is 44.6 Å². The van der Waals surface area contributed by atoms with Crippen LogP contribution in [0.2, 0.25) is 0 Å². The molecule has 4 heterocycles. The number of nitrogens with zero attached hydrogens (tertiary/aromatic N) is 5. The normalized spacial score (nSPS) is 32.1. The zero-order chi connectivity index (χ0) is 23.4. The Labute approximate surface area is 193 Å². The van der Waals surface area contributed by atoms with E-state index >= 15 is 0 Å². The van der Waals surface area contributed by atoms with Crippen molar-refractivity contribution in [3.63, 3.8) is 0 Å². The summed E-state index contributed by atoms with van der Waals surface area (Å²) < 4.78 is 28.0. The molecule has 12 heteroatoms. The summed E-state index contributed by atoms with van der Waals surface area (Å²) >= 11 is 0. The Hall–Kier alpha value is -1.83. The Bertz CT molecular complexity index is 1020. The zero-order valence-electron chi connectivity index (χ0n) is 18.7. The number of aromatic nitrogens is 2. The number of fused-ring (bicyclic) bond motifs is 1. The standard InChI is InChI=1S/C21H32N6O5S/c1-21(30)8-2-3-17(21)27-18(29)5-4-14-11-22-20(24-19(14)27)23-15-6-9-25(10-7-15)33(31,32)26-12-16(28)13-26/h4-5,11,15-18,28-30H,2-3,6-10,12-13H2,1H3,(H,22,23,24)/t17-,18?,21-/m1/s1. The van der Waals surface area contributed by atoms with Crippen molar-refractivity contribution >= 4 is 28.1 Å². The van der Waals surface area contributed by atoms with Crippen LogP contribution in [-0.4, -0.2) is 98.5 Å². The largest absolute Gasteiger partial charge is 0.390 e. The van der Waals surface area contributed by atoms with Crippen molar-refractivity contribution in [1.29, 1.82) is 0 Å². The number of rotatable bonds is 5. The van der Waals surface area contributed by atoms with Crippen molar-refractivity contribution < 1.29 is 23.7 Å². The van der Waals surface area contributed by atoms with Gasteiger partial charge in [-0.2, -0.15) is 22.0 Å². The first-order valence-corrected chi connectivity index (χ1v) is 13.0. The summed E-state index contributed by atoms with van der Waals surface area (Å²) in [6.07, 6.45) is 7.29. The minimum atomic E-state index is -3.52. The van der Waals surface area contributed by atoms with Crippen molar-refractivity contribution in [2.75, 3.05) is 36.4 Å². The fraction of sp³-hybridized carbons (Fsp3) is 0.714. The molecule has 11 nitrogen and oxygen atoms in total. The summed E-state index contributed by atoms with van der Waals surface area (Å²) in [6, 6.07) is -0.226. The van der Waals surface area contributed by atoms with Crippen LogP contribution in [0, 0.1) is 0 Å². The predicted molar refractivity (Wildman–Crippen MR) is 123 cm³/mol. The summed E-state index contributed by atoms with van der Waals surface area (Å²) in [4.78, 5) is 10.9. The van der Waals surface area contributed by atoms with E-state index in [4.69, 9.17) is 0 Å². The second kappa shape index (κ2) is 8.43. The summed E-state index contributed by atoms with van der Waals surface area (Å²) in [5.41, 5.74) is -0.126. The average Bonchev–Trinajstić information content (AvgIpc) is 3.10. The highest BCUT2D eigenvalue weighted by Gasteiger charge is 2.44. The van der Waals surface area contributed by atoms with E-state index in [1.165, 1.54) is 8.61 Å². The van der Waals surface area contributed by atoms with Crippen molar-refractivity contribution in [3.8, 4) is 0 Å². The van der Waals surface area contributed by atoms with E-state index in [9.17, 15) is 23.7 Å². The van der Waals surface area contributed by atoms with Crippen molar-refractivity contribution in [1.82, 2.24) is 18.6 Å². The first kappa shape index (κ1) is 22.9. The van der Waals surface area contributed by atoms with E-state index in [2.05, 4.69) is 15.3 Å². The van der Waals surface area contributed by atoms with Gasteiger partial charge in [0, 0.05) is 44.0 Å². The third-order valence-corrected chi connectivity index (χ3v) is 9.22. The smallest absolute Gasteiger partial charge is 0.282 e. The Morgan fingerprint density at radius 1 is 1.15 bits per heavy atom. The highest BCUT2D eigenvalue weighted by Crippen LogP contribution is 2.39. The Morgan fingerprint density at radius 2 is 1.88 bits per heavy atom. The maximum absolute atomic E-state index is 12.6. The molecule has 0 aromatic carbocycles. The van der Waals surface area contributed by atoms with Crippen LogP contribution >= 0.6 is 0 Å².